The number of anilines is 1. The number of hydrogen-bond acceptors (Lipinski definition) is 4. The van der Waals surface area contributed by atoms with Crippen LogP contribution in [0.15, 0.2) is 18.3 Å². The number of pyridine rings is 1. The number of aromatic nitrogens is 1. The third-order valence-corrected chi connectivity index (χ3v) is 3.36. The summed E-state index contributed by atoms with van der Waals surface area (Å²) in [7, 11) is 3.44. The number of urea groups is 1. The van der Waals surface area contributed by atoms with E-state index in [1.807, 2.05) is 0 Å². The van der Waals surface area contributed by atoms with E-state index in [0.717, 1.165) is 10.5 Å². The minimum Gasteiger partial charge on any atom is -0.373 e. The Bertz CT molecular complexity index is 511. The van der Waals surface area contributed by atoms with Crippen LogP contribution in [0.3, 0.4) is 0 Å². The van der Waals surface area contributed by atoms with Crippen LogP contribution in [0.4, 0.5) is 19.4 Å². The molecule has 0 aromatic carbocycles. The molecule has 1 aromatic rings. The fraction of sp³-hybridized carbons (Fsp3) is 0.538. The molecule has 1 aromatic heterocycles. The van der Waals surface area contributed by atoms with Gasteiger partial charge in [0.2, 0.25) is 0 Å². The van der Waals surface area contributed by atoms with Crippen molar-refractivity contribution in [3.8, 4) is 0 Å². The lowest BCUT2D eigenvalue weighted by Gasteiger charge is -2.38. The Kier molecular flexibility index (Phi) is 4.56. The fourth-order valence-corrected chi connectivity index (χ4v) is 2.33. The first kappa shape index (κ1) is 15.4. The van der Waals surface area contributed by atoms with E-state index in [4.69, 9.17) is 0 Å². The molecule has 21 heavy (non-hydrogen) atoms. The second kappa shape index (κ2) is 6.21. The molecule has 8 heteroatoms. The van der Waals surface area contributed by atoms with E-state index >= 15 is 0 Å². The number of likely N-dealkylation sites (N-methyl/N-ethyl adjacent to an activating group) is 1. The molecule has 0 saturated carbocycles. The van der Waals surface area contributed by atoms with Crippen molar-refractivity contribution in [2.75, 3.05) is 39.0 Å². The number of hydrogen-bond donors (Lipinski definition) is 3. The van der Waals surface area contributed by atoms with Gasteiger partial charge in [-0.15, -0.1) is 0 Å². The van der Waals surface area contributed by atoms with Crippen LogP contribution in [-0.4, -0.2) is 55.6 Å². The highest BCUT2D eigenvalue weighted by molar-refractivity contribution is 5.76. The standard InChI is InChI=1S/C13H19F2N5O/c1-16-6-10(9-3-4-18-11(5-9)17-2)20-8-13(14,15)7-19-12(20)21/h3-5,10,16H,6-8H2,1-2H3,(H,17,18)(H,19,21). The van der Waals surface area contributed by atoms with E-state index in [1.165, 1.54) is 0 Å². The lowest BCUT2D eigenvalue weighted by atomic mass is 10.0. The van der Waals surface area contributed by atoms with Crippen molar-refractivity contribution in [2.45, 2.75) is 12.0 Å². The van der Waals surface area contributed by atoms with Crippen LogP contribution in [0.1, 0.15) is 11.6 Å². The van der Waals surface area contributed by atoms with Gasteiger partial charge >= 0.3 is 6.03 Å². The highest BCUT2D eigenvalue weighted by Gasteiger charge is 2.41. The van der Waals surface area contributed by atoms with Gasteiger partial charge in [-0.25, -0.2) is 18.6 Å². The van der Waals surface area contributed by atoms with Crippen LogP contribution in [-0.2, 0) is 0 Å². The Hall–Kier alpha value is -1.96. The zero-order valence-electron chi connectivity index (χ0n) is 12.0. The molecular weight excluding hydrogens is 280 g/mol. The molecule has 2 amide bonds. The largest absolute Gasteiger partial charge is 0.373 e. The first-order chi connectivity index (χ1) is 9.96. The van der Waals surface area contributed by atoms with Crippen molar-refractivity contribution < 1.29 is 13.6 Å². The smallest absolute Gasteiger partial charge is 0.318 e. The van der Waals surface area contributed by atoms with Crippen molar-refractivity contribution in [3.63, 3.8) is 0 Å². The summed E-state index contributed by atoms with van der Waals surface area (Å²) in [5.74, 6) is -2.31. The monoisotopic (exact) mass is 299 g/mol. The third-order valence-electron chi connectivity index (χ3n) is 3.36. The van der Waals surface area contributed by atoms with Crippen LogP contribution in [0.25, 0.3) is 0 Å². The number of carbonyl (C=O) groups is 1. The Balaban J connectivity index is 2.30. The average Bonchev–Trinajstić information content (AvgIpc) is 2.47. The molecule has 1 saturated heterocycles. The quantitative estimate of drug-likeness (QED) is 0.760. The lowest BCUT2D eigenvalue weighted by Crippen LogP contribution is -2.58. The Labute approximate surface area is 121 Å². The lowest BCUT2D eigenvalue weighted by molar-refractivity contribution is -0.0440. The molecular formula is C13H19F2N5O. The highest BCUT2D eigenvalue weighted by atomic mass is 19.3. The van der Waals surface area contributed by atoms with Gasteiger partial charge in [-0.2, -0.15) is 0 Å². The van der Waals surface area contributed by atoms with Crippen LogP contribution in [0, 0.1) is 0 Å². The molecule has 1 unspecified atom stereocenters. The normalized spacial score (nSPS) is 19.0. The van der Waals surface area contributed by atoms with Crippen molar-refractivity contribution in [1.82, 2.24) is 20.5 Å². The van der Waals surface area contributed by atoms with E-state index in [9.17, 15) is 13.6 Å². The molecule has 0 radical (unpaired) electrons. The molecule has 116 valence electrons. The fourth-order valence-electron chi connectivity index (χ4n) is 2.33. The van der Waals surface area contributed by atoms with E-state index < -0.39 is 31.1 Å². The maximum absolute atomic E-state index is 13.6. The summed E-state index contributed by atoms with van der Waals surface area (Å²) < 4.78 is 27.2. The first-order valence-corrected chi connectivity index (χ1v) is 6.67. The van der Waals surface area contributed by atoms with Crippen molar-refractivity contribution in [3.05, 3.63) is 23.9 Å². The molecule has 0 aliphatic carbocycles. The van der Waals surface area contributed by atoms with Crippen LogP contribution >= 0.6 is 0 Å². The van der Waals surface area contributed by atoms with Crippen LogP contribution in [0.2, 0.25) is 0 Å². The number of nitrogens with one attached hydrogen (secondary N) is 3. The highest BCUT2D eigenvalue weighted by Crippen LogP contribution is 2.28. The van der Waals surface area contributed by atoms with Gasteiger partial charge in [0.15, 0.2) is 0 Å². The molecule has 1 aliphatic heterocycles. The van der Waals surface area contributed by atoms with Gasteiger partial charge in [0.25, 0.3) is 5.92 Å². The van der Waals surface area contributed by atoms with E-state index in [0.29, 0.717) is 12.4 Å². The number of nitrogens with zero attached hydrogens (tertiary/aromatic N) is 2. The molecule has 1 atom stereocenters. The molecule has 0 spiro atoms. The Morgan fingerprint density at radius 1 is 1.52 bits per heavy atom. The summed E-state index contributed by atoms with van der Waals surface area (Å²) in [4.78, 5) is 17.2. The number of halogens is 2. The average molecular weight is 299 g/mol. The summed E-state index contributed by atoms with van der Waals surface area (Å²) >= 11 is 0. The second-order valence-electron chi connectivity index (χ2n) is 4.94. The van der Waals surface area contributed by atoms with Gasteiger partial charge in [-0.3, -0.25) is 0 Å². The Morgan fingerprint density at radius 2 is 2.29 bits per heavy atom. The minimum absolute atomic E-state index is 0.372. The van der Waals surface area contributed by atoms with E-state index in [1.54, 1.807) is 32.4 Å². The molecule has 6 nitrogen and oxygen atoms in total. The van der Waals surface area contributed by atoms with Gasteiger partial charge in [0.05, 0.1) is 19.1 Å². The van der Waals surface area contributed by atoms with E-state index in [-0.39, 0.29) is 0 Å². The van der Waals surface area contributed by atoms with Gasteiger partial charge in [-0.05, 0) is 24.7 Å². The molecule has 3 N–H and O–H groups in total. The summed E-state index contributed by atoms with van der Waals surface area (Å²) in [5.41, 5.74) is 0.747. The predicted octanol–water partition coefficient (Wildman–Crippen LogP) is 1.04. The molecule has 2 rings (SSSR count). The summed E-state index contributed by atoms with van der Waals surface area (Å²) in [5, 5.41) is 8.08. The second-order valence-corrected chi connectivity index (χ2v) is 4.94. The maximum Gasteiger partial charge on any atom is 0.318 e. The topological polar surface area (TPSA) is 69.3 Å². The summed E-state index contributed by atoms with van der Waals surface area (Å²) in [6, 6.07) is 2.51. The predicted molar refractivity (Wildman–Crippen MR) is 75.5 cm³/mol. The van der Waals surface area contributed by atoms with Gasteiger partial charge in [-0.1, -0.05) is 0 Å². The molecule has 1 aliphatic rings. The third kappa shape index (κ3) is 3.57. The van der Waals surface area contributed by atoms with Gasteiger partial charge in [0, 0.05) is 19.8 Å². The molecule has 1 fully saturated rings. The van der Waals surface area contributed by atoms with Crippen LogP contribution in [0.5, 0.6) is 0 Å². The van der Waals surface area contributed by atoms with Crippen molar-refractivity contribution >= 4 is 11.8 Å². The Morgan fingerprint density at radius 3 is 2.95 bits per heavy atom. The first-order valence-electron chi connectivity index (χ1n) is 6.67. The zero-order chi connectivity index (χ0) is 15.5. The number of amides is 2. The van der Waals surface area contributed by atoms with E-state index in [2.05, 4.69) is 20.9 Å². The molecule has 0 bridgehead atoms. The minimum atomic E-state index is -2.93. The number of alkyl halides is 2. The number of rotatable bonds is 5. The zero-order valence-corrected chi connectivity index (χ0v) is 12.0. The number of carbonyl (C=O) groups excluding carboxylic acids is 1. The van der Waals surface area contributed by atoms with Crippen LogP contribution < -0.4 is 16.0 Å². The SMILES string of the molecule is CNCC(c1ccnc(NC)c1)N1CC(F)(F)CNC1=O. The van der Waals surface area contributed by atoms with Crippen molar-refractivity contribution in [1.29, 1.82) is 0 Å². The molecule has 2 heterocycles. The summed E-state index contributed by atoms with van der Waals surface area (Å²) in [6.45, 7) is -0.841. The van der Waals surface area contributed by atoms with Crippen molar-refractivity contribution in [2.24, 2.45) is 0 Å². The van der Waals surface area contributed by atoms with Gasteiger partial charge < -0.3 is 20.9 Å². The summed E-state index contributed by atoms with van der Waals surface area (Å²) in [6.07, 6.45) is 1.59. The van der Waals surface area contributed by atoms with Gasteiger partial charge in [0.1, 0.15) is 5.82 Å². The maximum atomic E-state index is 13.6.